The third-order valence-corrected chi connectivity index (χ3v) is 18.3. The minimum Gasteiger partial charge on any atom is -0.457 e. The number of carbonyl (C=O) groups is 1. The number of likely N-dealkylation sites (tertiary alicyclic amines) is 2. The number of halogens is 2. The first kappa shape index (κ1) is 49.4. The predicted octanol–water partition coefficient (Wildman–Crippen LogP) is 8.99. The Morgan fingerprint density at radius 2 is 1.60 bits per heavy atom. The number of rotatable bonds is 13. The van der Waals surface area contributed by atoms with Crippen LogP contribution in [0.4, 0.5) is 0 Å². The van der Waals surface area contributed by atoms with E-state index in [9.17, 15) is 5.11 Å². The third-order valence-electron chi connectivity index (χ3n) is 17.8. The van der Waals surface area contributed by atoms with Crippen molar-refractivity contribution in [1.82, 2.24) is 34.9 Å². The quantitative estimate of drug-likeness (QED) is 0.106. The summed E-state index contributed by atoms with van der Waals surface area (Å²) in [7, 11) is 8.29. The topological polar surface area (TPSA) is 107 Å². The van der Waals surface area contributed by atoms with Crippen molar-refractivity contribution in [2.45, 2.75) is 127 Å². The first-order chi connectivity index (χ1) is 33.7. The summed E-state index contributed by atoms with van der Waals surface area (Å²) in [6.45, 7) is 10.6. The van der Waals surface area contributed by atoms with Gasteiger partial charge >= 0.3 is 0 Å². The number of ether oxygens (including phenoxy) is 2. The highest BCUT2D eigenvalue weighted by Gasteiger charge is 2.77. The molecule has 1 saturated carbocycles. The van der Waals surface area contributed by atoms with Crippen molar-refractivity contribution < 1.29 is 19.4 Å². The largest absolute Gasteiger partial charge is 0.457 e. The Hall–Kier alpha value is -4.14. The summed E-state index contributed by atoms with van der Waals surface area (Å²) in [5.41, 5.74) is 3.93. The number of aliphatic hydroxyl groups is 1. The second-order valence-corrected chi connectivity index (χ2v) is 22.2. The molecule has 2 bridgehead atoms. The minimum atomic E-state index is -0.785. The highest BCUT2D eigenvalue weighted by atomic mass is 35.5. The molecule has 13 heteroatoms. The molecular weight excluding hydrogens is 918 g/mol. The Bertz CT molecular complexity index is 2650. The van der Waals surface area contributed by atoms with Gasteiger partial charge < -0.3 is 29.8 Å². The molecule has 0 amide bonds. The molecule has 8 unspecified atom stereocenters. The Labute approximate surface area is 424 Å². The first-order valence-electron chi connectivity index (χ1n) is 25.5. The lowest BCUT2D eigenvalue weighted by atomic mass is 9.54. The van der Waals surface area contributed by atoms with Crippen LogP contribution < -0.4 is 15.4 Å². The first-order valence-corrected chi connectivity index (χ1v) is 26.2. The van der Waals surface area contributed by atoms with Gasteiger partial charge in [-0.1, -0.05) is 78.7 Å². The summed E-state index contributed by atoms with van der Waals surface area (Å²) in [6.07, 6.45) is 5.31. The standard InChI is InChI=1S/C57H71Cl2N7O4/c1-9-56-50-27-41(25-37-13-11-10-12-14-37)52(56)63(5)34(2)30-60-49-29-44(26-38-15-20-42(58)21-16-38)64(6)53-46(33-69-8)62-51(57(49,53)55(56)68)35(3)66(50)32-40-17-22-43(59)28-48(40)70-45-23-18-39(19-24-45)47-31-61-54(36(4)67)65(47)7/h10-24,28,31,34-36,41,44,46,49-53,60,62,67H,9,25-27,29-30,32-33H2,1-8H3/t34-,35-,36?,41+,44-,46+,49?,50?,51?,52?,53?,56?,57?/m0/s1. The van der Waals surface area contributed by atoms with Gasteiger partial charge in [-0.2, -0.15) is 0 Å². The van der Waals surface area contributed by atoms with Gasteiger partial charge in [0, 0.05) is 103 Å². The van der Waals surface area contributed by atoms with Crippen LogP contribution >= 0.6 is 23.2 Å². The van der Waals surface area contributed by atoms with E-state index in [2.05, 4.69) is 114 Å². The van der Waals surface area contributed by atoms with Crippen LogP contribution in [0, 0.1) is 16.7 Å². The number of piperidine rings is 1. The van der Waals surface area contributed by atoms with E-state index in [0.717, 1.165) is 60.5 Å². The van der Waals surface area contributed by atoms with Crippen molar-refractivity contribution in [3.05, 3.63) is 136 Å². The van der Waals surface area contributed by atoms with Crippen LogP contribution in [0.25, 0.3) is 11.3 Å². The molecule has 11 nitrogen and oxygen atoms in total. The predicted molar refractivity (Wildman–Crippen MR) is 279 cm³/mol. The number of hydrogen-bond acceptors (Lipinski definition) is 10. The third kappa shape index (κ3) is 8.25. The maximum absolute atomic E-state index is 17.4. The zero-order valence-electron chi connectivity index (χ0n) is 42.0. The fourth-order valence-corrected chi connectivity index (χ4v) is 14.9. The SMILES string of the molecule is CCC12C(=O)C34C5C[C@H](Cc6ccc(Cl)cc6)N(C)C3[C@@H](COC)NC4[C@H](C)N(Cc3ccc(Cl)cc3Oc3ccc(-c4cnc(C(C)O)n4C)cc3)C1C[C@@H](Cc1ccccc1)C2N(C)[C@@H](C)CN5. The molecule has 10 rings (SSSR count). The molecule has 1 aromatic heterocycles. The number of nitrogens with zero attached hydrogens (tertiary/aromatic N) is 5. The number of hydrogen-bond donors (Lipinski definition) is 3. The lowest BCUT2D eigenvalue weighted by Gasteiger charge is -2.57. The number of imidazole rings is 1. The molecule has 4 aliphatic heterocycles. The molecule has 0 radical (unpaired) electrons. The summed E-state index contributed by atoms with van der Waals surface area (Å²) < 4.78 is 14.9. The van der Waals surface area contributed by atoms with Gasteiger partial charge in [0.25, 0.3) is 0 Å². The molecule has 4 saturated heterocycles. The molecule has 5 aromatic rings. The zero-order chi connectivity index (χ0) is 49.2. The van der Waals surface area contributed by atoms with E-state index in [1.807, 2.05) is 60.1 Å². The fraction of sp³-hybridized carbons (Fsp3) is 0.509. The van der Waals surface area contributed by atoms with Crippen LogP contribution in [0.15, 0.2) is 103 Å². The van der Waals surface area contributed by atoms with Crippen molar-refractivity contribution in [1.29, 1.82) is 0 Å². The van der Waals surface area contributed by atoms with Crippen LogP contribution in [0.1, 0.15) is 75.6 Å². The van der Waals surface area contributed by atoms with Gasteiger partial charge in [-0.25, -0.2) is 4.98 Å². The number of nitrogens with one attached hydrogen (secondary N) is 2. The van der Waals surface area contributed by atoms with Crippen molar-refractivity contribution in [2.75, 3.05) is 34.4 Å². The zero-order valence-corrected chi connectivity index (χ0v) is 43.5. The minimum absolute atomic E-state index is 0.0108. The second kappa shape index (κ2) is 19.7. The Morgan fingerprint density at radius 1 is 0.886 bits per heavy atom. The van der Waals surface area contributed by atoms with E-state index < -0.39 is 16.9 Å². The maximum Gasteiger partial charge on any atom is 0.153 e. The van der Waals surface area contributed by atoms with Gasteiger partial charge in [-0.15, -0.1) is 0 Å². The molecule has 5 fully saturated rings. The normalized spacial score (nSPS) is 32.8. The van der Waals surface area contributed by atoms with Crippen LogP contribution in [-0.2, 0) is 36.0 Å². The molecule has 1 spiro atoms. The Kier molecular flexibility index (Phi) is 13.9. The van der Waals surface area contributed by atoms with Crippen LogP contribution in [-0.4, -0.2) is 124 Å². The maximum atomic E-state index is 17.4. The Balaban J connectivity index is 1.10. The molecule has 13 atom stereocenters. The highest BCUT2D eigenvalue weighted by molar-refractivity contribution is 6.31. The fourth-order valence-electron chi connectivity index (χ4n) is 14.6. The van der Waals surface area contributed by atoms with Crippen molar-refractivity contribution in [3.63, 3.8) is 0 Å². The highest BCUT2D eigenvalue weighted by Crippen LogP contribution is 2.63. The van der Waals surface area contributed by atoms with E-state index in [4.69, 9.17) is 32.7 Å². The van der Waals surface area contributed by atoms with Gasteiger partial charge in [0.05, 0.1) is 29.3 Å². The van der Waals surface area contributed by atoms with E-state index >= 15 is 4.79 Å². The molecule has 3 N–H and O–H groups in total. The molecule has 5 aliphatic rings. The van der Waals surface area contributed by atoms with Gasteiger partial charge in [0.1, 0.15) is 23.4 Å². The summed E-state index contributed by atoms with van der Waals surface area (Å²) >= 11 is 13.3. The lowest BCUT2D eigenvalue weighted by Crippen LogP contribution is -2.73. The number of aromatic nitrogens is 2. The van der Waals surface area contributed by atoms with Crippen LogP contribution in [0.2, 0.25) is 10.0 Å². The van der Waals surface area contributed by atoms with E-state index in [-0.39, 0.29) is 60.3 Å². The number of methoxy groups -OCH3 is 1. The lowest BCUT2D eigenvalue weighted by molar-refractivity contribution is -0.154. The summed E-state index contributed by atoms with van der Waals surface area (Å²) in [6, 6.07) is 32.9. The molecular formula is C57H71Cl2N7O4. The second-order valence-electron chi connectivity index (χ2n) is 21.3. The number of likely N-dealkylation sites (N-methyl/N-ethyl adjacent to an activating group) is 2. The van der Waals surface area contributed by atoms with Gasteiger partial charge in [0.2, 0.25) is 0 Å². The molecule has 5 heterocycles. The van der Waals surface area contributed by atoms with Crippen LogP contribution in [0.5, 0.6) is 11.5 Å². The summed E-state index contributed by atoms with van der Waals surface area (Å²) in [5, 5.41) is 20.0. The molecule has 70 heavy (non-hydrogen) atoms. The van der Waals surface area contributed by atoms with Crippen molar-refractivity contribution in [2.24, 2.45) is 23.8 Å². The van der Waals surface area contributed by atoms with E-state index in [0.29, 0.717) is 41.3 Å². The smallest absolute Gasteiger partial charge is 0.153 e. The number of carbonyl (C=O) groups excluding carboxylic acids is 1. The number of ketones is 1. The van der Waals surface area contributed by atoms with E-state index in [1.165, 1.54) is 11.1 Å². The van der Waals surface area contributed by atoms with Gasteiger partial charge in [0.15, 0.2) is 5.78 Å². The summed E-state index contributed by atoms with van der Waals surface area (Å²) in [5.74, 6) is 2.62. The Morgan fingerprint density at radius 3 is 2.29 bits per heavy atom. The van der Waals surface area contributed by atoms with Crippen molar-refractivity contribution in [3.8, 4) is 22.8 Å². The summed E-state index contributed by atoms with van der Waals surface area (Å²) in [4.78, 5) is 29.8. The average molecular weight is 989 g/mol. The number of benzene rings is 4. The monoisotopic (exact) mass is 987 g/mol. The van der Waals surface area contributed by atoms with Gasteiger partial charge in [-0.3, -0.25) is 19.5 Å². The van der Waals surface area contributed by atoms with E-state index in [1.54, 1.807) is 20.2 Å². The molecule has 4 aromatic carbocycles. The van der Waals surface area contributed by atoms with Gasteiger partial charge in [-0.05, 0) is 133 Å². The van der Waals surface area contributed by atoms with Crippen LogP contribution in [0.3, 0.4) is 0 Å². The molecule has 372 valence electrons. The number of aliphatic hydroxyl groups excluding tert-OH is 1. The van der Waals surface area contributed by atoms with Crippen molar-refractivity contribution >= 4 is 29.0 Å². The molecule has 1 aliphatic carbocycles. The number of Topliss-reactive ketones (excluding diaryl/α,β-unsaturated/α-hetero) is 1. The average Bonchev–Trinajstić information content (AvgIpc) is 4.01.